The molecule has 1 N–H and O–H groups in total. The molecule has 0 saturated carbocycles. The van der Waals surface area contributed by atoms with Crippen molar-refractivity contribution in [1.29, 1.82) is 0 Å². The van der Waals surface area contributed by atoms with E-state index in [1.807, 2.05) is 32.0 Å². The van der Waals surface area contributed by atoms with Crippen molar-refractivity contribution in [2.24, 2.45) is 0 Å². The van der Waals surface area contributed by atoms with Gasteiger partial charge in [0.1, 0.15) is 30.3 Å². The van der Waals surface area contributed by atoms with Crippen LogP contribution in [0.1, 0.15) is 22.5 Å². The Labute approximate surface area is 208 Å². The number of carbonyl (C=O) groups is 3. The maximum atomic E-state index is 12.9. The lowest BCUT2D eigenvalue weighted by atomic mass is 10.1. The maximum Gasteiger partial charge on any atom is 0.331 e. The summed E-state index contributed by atoms with van der Waals surface area (Å²) in [6.45, 7) is 4.60. The zero-order valence-corrected chi connectivity index (χ0v) is 20.2. The van der Waals surface area contributed by atoms with E-state index in [2.05, 4.69) is 5.32 Å². The highest BCUT2D eigenvalue weighted by atomic mass is 16.5. The molecule has 2 heterocycles. The van der Waals surface area contributed by atoms with Crippen LogP contribution in [0.15, 0.2) is 64.8 Å². The summed E-state index contributed by atoms with van der Waals surface area (Å²) in [6, 6.07) is 13.4. The van der Waals surface area contributed by atoms with Crippen molar-refractivity contribution in [3.8, 4) is 17.2 Å². The van der Waals surface area contributed by atoms with Gasteiger partial charge in [0.05, 0.1) is 19.9 Å². The van der Waals surface area contributed by atoms with Gasteiger partial charge in [0.15, 0.2) is 11.5 Å². The molecule has 36 heavy (non-hydrogen) atoms. The number of hydrogen-bond acceptors (Lipinski definition) is 7. The Bertz CT molecular complexity index is 1310. The van der Waals surface area contributed by atoms with Crippen molar-refractivity contribution in [2.45, 2.75) is 20.4 Å². The Morgan fingerprint density at radius 3 is 2.47 bits per heavy atom. The van der Waals surface area contributed by atoms with Gasteiger partial charge in [-0.2, -0.15) is 0 Å². The Hall–Kier alpha value is -4.53. The van der Waals surface area contributed by atoms with E-state index in [-0.39, 0.29) is 18.7 Å². The van der Waals surface area contributed by atoms with Crippen LogP contribution in [0.5, 0.6) is 17.2 Å². The largest absolute Gasteiger partial charge is 0.493 e. The highest BCUT2D eigenvalue weighted by Gasteiger charge is 2.36. The third kappa shape index (κ3) is 5.57. The molecule has 0 aliphatic carbocycles. The van der Waals surface area contributed by atoms with Crippen LogP contribution in [0.4, 0.5) is 4.79 Å². The fourth-order valence-corrected chi connectivity index (χ4v) is 3.57. The van der Waals surface area contributed by atoms with Gasteiger partial charge < -0.3 is 18.6 Å². The topological polar surface area (TPSA) is 107 Å². The summed E-state index contributed by atoms with van der Waals surface area (Å²) in [6.07, 6.45) is 2.84. The number of barbiturate groups is 1. The third-order valence-electron chi connectivity index (χ3n) is 5.67. The number of carbonyl (C=O) groups excluding carboxylic acids is 3. The molecule has 9 nitrogen and oxygen atoms in total. The Kier molecular flexibility index (Phi) is 7.39. The fourth-order valence-electron chi connectivity index (χ4n) is 3.57. The lowest BCUT2D eigenvalue weighted by Crippen LogP contribution is -2.53. The summed E-state index contributed by atoms with van der Waals surface area (Å²) in [4.78, 5) is 38.4. The van der Waals surface area contributed by atoms with Gasteiger partial charge in [-0.3, -0.25) is 19.8 Å². The SMILES string of the molecule is COc1cc(/C=C2\C(=O)NC(=O)N(Cc3ccco3)C2=O)ccc1OCCOc1ccc(C)c(C)c1. The van der Waals surface area contributed by atoms with Gasteiger partial charge in [0, 0.05) is 0 Å². The van der Waals surface area contributed by atoms with E-state index in [1.165, 1.54) is 25.0 Å². The van der Waals surface area contributed by atoms with Crippen molar-refractivity contribution in [2.75, 3.05) is 20.3 Å². The molecule has 1 aromatic heterocycles. The smallest absolute Gasteiger partial charge is 0.331 e. The van der Waals surface area contributed by atoms with Gasteiger partial charge >= 0.3 is 6.03 Å². The molecule has 9 heteroatoms. The molecule has 3 aromatic rings. The summed E-state index contributed by atoms with van der Waals surface area (Å²) in [5, 5.41) is 2.18. The monoisotopic (exact) mass is 490 g/mol. The lowest BCUT2D eigenvalue weighted by molar-refractivity contribution is -0.130. The minimum atomic E-state index is -0.803. The number of benzene rings is 2. The number of nitrogens with zero attached hydrogens (tertiary/aromatic N) is 1. The molecule has 186 valence electrons. The zero-order chi connectivity index (χ0) is 25.7. The molecule has 0 atom stereocenters. The van der Waals surface area contributed by atoms with Crippen molar-refractivity contribution in [1.82, 2.24) is 10.2 Å². The number of hydrogen-bond donors (Lipinski definition) is 1. The molecule has 1 aliphatic rings. The number of methoxy groups -OCH3 is 1. The molecule has 2 aromatic carbocycles. The van der Waals surface area contributed by atoms with Gasteiger partial charge in [-0.25, -0.2) is 4.79 Å². The van der Waals surface area contributed by atoms with Crippen molar-refractivity contribution in [3.63, 3.8) is 0 Å². The first-order chi connectivity index (χ1) is 17.4. The normalized spacial score (nSPS) is 14.7. The first-order valence-corrected chi connectivity index (χ1v) is 11.3. The van der Waals surface area contributed by atoms with Gasteiger partial charge in [-0.05, 0) is 73.0 Å². The average molecular weight is 491 g/mol. The number of imide groups is 2. The Morgan fingerprint density at radius 1 is 0.944 bits per heavy atom. The third-order valence-corrected chi connectivity index (χ3v) is 5.67. The molecule has 1 fully saturated rings. The van der Waals surface area contributed by atoms with Crippen LogP contribution in [0.25, 0.3) is 6.08 Å². The molecule has 0 bridgehead atoms. The van der Waals surface area contributed by atoms with Crippen LogP contribution in [-0.2, 0) is 16.1 Å². The van der Waals surface area contributed by atoms with Gasteiger partial charge in [-0.1, -0.05) is 12.1 Å². The second-order valence-electron chi connectivity index (χ2n) is 8.14. The Morgan fingerprint density at radius 2 is 1.75 bits per heavy atom. The van der Waals surface area contributed by atoms with E-state index in [1.54, 1.807) is 30.3 Å². The zero-order valence-electron chi connectivity index (χ0n) is 20.2. The molecular weight excluding hydrogens is 464 g/mol. The molecule has 0 unspecified atom stereocenters. The van der Waals surface area contributed by atoms with E-state index in [9.17, 15) is 14.4 Å². The van der Waals surface area contributed by atoms with Gasteiger partial charge in [0.25, 0.3) is 11.8 Å². The minimum absolute atomic E-state index is 0.0946. The highest BCUT2D eigenvalue weighted by molar-refractivity contribution is 6.30. The predicted octanol–water partition coefficient (Wildman–Crippen LogP) is 4.02. The van der Waals surface area contributed by atoms with Crippen molar-refractivity contribution in [3.05, 3.63) is 82.8 Å². The second-order valence-corrected chi connectivity index (χ2v) is 8.14. The van der Waals surface area contributed by atoms with Crippen molar-refractivity contribution >= 4 is 23.9 Å². The fraction of sp³-hybridized carbons (Fsp3) is 0.222. The summed E-state index contributed by atoms with van der Waals surface area (Å²) >= 11 is 0. The van der Waals surface area contributed by atoms with Crippen LogP contribution in [-0.4, -0.2) is 43.1 Å². The average Bonchev–Trinajstić information content (AvgIpc) is 3.38. The number of ether oxygens (including phenoxy) is 3. The van der Waals surface area contributed by atoms with E-state index < -0.39 is 17.8 Å². The molecular formula is C27H26N2O7. The minimum Gasteiger partial charge on any atom is -0.493 e. The number of amides is 4. The van der Waals surface area contributed by atoms with E-state index >= 15 is 0 Å². The maximum absolute atomic E-state index is 12.9. The van der Waals surface area contributed by atoms with Crippen LogP contribution < -0.4 is 19.5 Å². The molecule has 4 rings (SSSR count). The molecule has 4 amide bonds. The van der Waals surface area contributed by atoms with E-state index in [0.29, 0.717) is 29.4 Å². The standard InChI is InChI=1S/C27H26N2O7/c1-17-6-8-20(13-18(17)2)35-11-12-36-23-9-7-19(15-24(23)33-3)14-22-25(30)28-27(32)29(26(22)31)16-21-5-4-10-34-21/h4-10,13-15H,11-12,16H2,1-3H3,(H,28,30,32)/b22-14+. The van der Waals surface area contributed by atoms with Crippen molar-refractivity contribution < 1.29 is 33.0 Å². The number of urea groups is 1. The first kappa shape index (κ1) is 24.6. The summed E-state index contributed by atoms with van der Waals surface area (Å²) in [5.74, 6) is 0.592. The van der Waals surface area contributed by atoms with Crippen LogP contribution in [0.2, 0.25) is 0 Å². The number of furan rings is 1. The van der Waals surface area contributed by atoms with Crippen LogP contribution in [0.3, 0.4) is 0 Å². The Balaban J connectivity index is 1.43. The van der Waals surface area contributed by atoms with E-state index in [0.717, 1.165) is 16.2 Å². The second kappa shape index (κ2) is 10.8. The molecule has 0 radical (unpaired) electrons. The number of rotatable bonds is 9. The highest BCUT2D eigenvalue weighted by Crippen LogP contribution is 2.29. The van der Waals surface area contributed by atoms with Gasteiger partial charge in [-0.15, -0.1) is 0 Å². The molecule has 0 spiro atoms. The lowest BCUT2D eigenvalue weighted by Gasteiger charge is -2.25. The predicted molar refractivity (Wildman–Crippen MR) is 131 cm³/mol. The summed E-state index contributed by atoms with van der Waals surface area (Å²) in [7, 11) is 1.49. The van der Waals surface area contributed by atoms with Crippen LogP contribution >= 0.6 is 0 Å². The summed E-state index contributed by atoms with van der Waals surface area (Å²) < 4.78 is 22.2. The van der Waals surface area contributed by atoms with E-state index in [4.69, 9.17) is 18.6 Å². The molecule has 1 saturated heterocycles. The number of aryl methyl sites for hydroxylation is 2. The quantitative estimate of drug-likeness (QED) is 0.274. The van der Waals surface area contributed by atoms with Crippen LogP contribution in [0, 0.1) is 13.8 Å². The van der Waals surface area contributed by atoms with Gasteiger partial charge in [0.2, 0.25) is 0 Å². The number of nitrogens with one attached hydrogen (secondary N) is 1. The molecule has 1 aliphatic heterocycles. The first-order valence-electron chi connectivity index (χ1n) is 11.3. The summed E-state index contributed by atoms with van der Waals surface area (Å²) in [5.41, 5.74) is 2.69.